The lowest BCUT2D eigenvalue weighted by atomic mass is 9.99. The van der Waals surface area contributed by atoms with E-state index < -0.39 is 0 Å². The summed E-state index contributed by atoms with van der Waals surface area (Å²) in [6.07, 6.45) is 3.87. The van der Waals surface area contributed by atoms with Crippen LogP contribution < -0.4 is 10.2 Å². The number of anilines is 1. The zero-order chi connectivity index (χ0) is 13.0. The molecule has 18 heavy (non-hydrogen) atoms. The number of piperidine rings is 1. The maximum Gasteiger partial charge on any atom is 0.185 e. The van der Waals surface area contributed by atoms with Gasteiger partial charge in [0.1, 0.15) is 0 Å². The van der Waals surface area contributed by atoms with Crippen LogP contribution in [0.2, 0.25) is 0 Å². The summed E-state index contributed by atoms with van der Waals surface area (Å²) in [5.74, 6) is 0.787. The van der Waals surface area contributed by atoms with Gasteiger partial charge in [0.25, 0.3) is 0 Å². The van der Waals surface area contributed by atoms with Gasteiger partial charge in [-0.3, -0.25) is 0 Å². The molecule has 102 valence electrons. The first-order valence-corrected chi connectivity index (χ1v) is 7.92. The lowest BCUT2D eigenvalue weighted by Gasteiger charge is -2.29. The normalized spacial score (nSPS) is 20.1. The lowest BCUT2D eigenvalue weighted by Crippen LogP contribution is -2.38. The van der Waals surface area contributed by atoms with Crippen molar-refractivity contribution in [2.45, 2.75) is 40.0 Å². The largest absolute Gasteiger partial charge is 0.348 e. The number of aromatic nitrogens is 1. The Morgan fingerprint density at radius 2 is 2.28 bits per heavy atom. The van der Waals surface area contributed by atoms with E-state index in [2.05, 4.69) is 31.0 Å². The second-order valence-electron chi connectivity index (χ2n) is 5.30. The molecule has 0 bridgehead atoms. The van der Waals surface area contributed by atoms with Crippen LogP contribution in [-0.4, -0.2) is 31.2 Å². The van der Waals surface area contributed by atoms with E-state index >= 15 is 0 Å². The van der Waals surface area contributed by atoms with Crippen LogP contribution in [0.5, 0.6) is 0 Å². The maximum atomic E-state index is 4.72. The summed E-state index contributed by atoms with van der Waals surface area (Å²) in [6.45, 7) is 11.2. The Kier molecular flexibility index (Phi) is 5.01. The van der Waals surface area contributed by atoms with E-state index in [4.69, 9.17) is 4.98 Å². The van der Waals surface area contributed by atoms with Crippen molar-refractivity contribution in [1.29, 1.82) is 0 Å². The van der Waals surface area contributed by atoms with Crippen molar-refractivity contribution < 1.29 is 0 Å². The molecular formula is C14H25N3S. The standard InChI is InChI=1S/C14H25N3S/c1-4-8-17(10-13-6-5-7-15-9-13)14-16-11(2)12(3)18-14/h13,15H,4-10H2,1-3H3. The van der Waals surface area contributed by atoms with E-state index in [1.807, 2.05) is 11.3 Å². The third kappa shape index (κ3) is 3.45. The molecule has 1 aromatic heterocycles. The highest BCUT2D eigenvalue weighted by atomic mass is 32.1. The molecule has 1 unspecified atom stereocenters. The lowest BCUT2D eigenvalue weighted by molar-refractivity contribution is 0.376. The molecule has 4 heteroatoms. The van der Waals surface area contributed by atoms with Gasteiger partial charge in [0.05, 0.1) is 5.69 Å². The van der Waals surface area contributed by atoms with Gasteiger partial charge in [0, 0.05) is 18.0 Å². The van der Waals surface area contributed by atoms with Crippen molar-refractivity contribution >= 4 is 16.5 Å². The van der Waals surface area contributed by atoms with Crippen molar-refractivity contribution in [2.24, 2.45) is 5.92 Å². The van der Waals surface area contributed by atoms with E-state index in [1.165, 1.54) is 48.1 Å². The molecule has 1 atom stereocenters. The van der Waals surface area contributed by atoms with Crippen LogP contribution in [0.4, 0.5) is 5.13 Å². The van der Waals surface area contributed by atoms with Crippen LogP contribution in [0.15, 0.2) is 0 Å². The predicted molar refractivity (Wildman–Crippen MR) is 79.7 cm³/mol. The van der Waals surface area contributed by atoms with E-state index in [9.17, 15) is 0 Å². The summed E-state index contributed by atoms with van der Waals surface area (Å²) < 4.78 is 0. The van der Waals surface area contributed by atoms with Gasteiger partial charge in [-0.05, 0) is 52.1 Å². The minimum Gasteiger partial charge on any atom is -0.348 e. The fraction of sp³-hybridized carbons (Fsp3) is 0.786. The van der Waals surface area contributed by atoms with Crippen LogP contribution in [0.3, 0.4) is 0 Å². The van der Waals surface area contributed by atoms with E-state index in [0.717, 1.165) is 19.0 Å². The highest BCUT2D eigenvalue weighted by Crippen LogP contribution is 2.26. The average Bonchev–Trinajstić information content (AvgIpc) is 2.70. The fourth-order valence-corrected chi connectivity index (χ4v) is 3.46. The fourth-order valence-electron chi connectivity index (χ4n) is 2.52. The van der Waals surface area contributed by atoms with Crippen LogP contribution in [0, 0.1) is 19.8 Å². The molecule has 0 aliphatic carbocycles. The van der Waals surface area contributed by atoms with Gasteiger partial charge >= 0.3 is 0 Å². The van der Waals surface area contributed by atoms with Crippen molar-refractivity contribution in [2.75, 3.05) is 31.1 Å². The highest BCUT2D eigenvalue weighted by Gasteiger charge is 2.19. The Labute approximate surface area is 115 Å². The SMILES string of the molecule is CCCN(CC1CCCNC1)c1nc(C)c(C)s1. The minimum absolute atomic E-state index is 0.787. The molecule has 0 spiro atoms. The molecule has 0 aromatic carbocycles. The molecule has 0 radical (unpaired) electrons. The molecule has 2 rings (SSSR count). The number of nitrogens with one attached hydrogen (secondary N) is 1. The number of hydrogen-bond donors (Lipinski definition) is 1. The molecular weight excluding hydrogens is 242 g/mol. The Morgan fingerprint density at radius 1 is 1.44 bits per heavy atom. The van der Waals surface area contributed by atoms with Gasteiger partial charge in [-0.1, -0.05) is 6.92 Å². The van der Waals surface area contributed by atoms with Gasteiger partial charge < -0.3 is 10.2 Å². The third-order valence-electron chi connectivity index (χ3n) is 3.66. The van der Waals surface area contributed by atoms with Crippen LogP contribution >= 0.6 is 11.3 Å². The Hall–Kier alpha value is -0.610. The molecule has 3 nitrogen and oxygen atoms in total. The Morgan fingerprint density at radius 3 is 2.83 bits per heavy atom. The van der Waals surface area contributed by atoms with Gasteiger partial charge in [-0.2, -0.15) is 0 Å². The number of rotatable bonds is 5. The van der Waals surface area contributed by atoms with Crippen molar-refractivity contribution in [3.8, 4) is 0 Å². The first-order chi connectivity index (χ1) is 8.70. The summed E-state index contributed by atoms with van der Waals surface area (Å²) in [6, 6.07) is 0. The van der Waals surface area contributed by atoms with Gasteiger partial charge in [-0.25, -0.2) is 4.98 Å². The number of nitrogens with zero attached hydrogens (tertiary/aromatic N) is 2. The van der Waals surface area contributed by atoms with Gasteiger partial charge in [0.15, 0.2) is 5.13 Å². The molecule has 0 amide bonds. The number of thiazole rings is 1. The Bertz CT molecular complexity index is 350. The molecule has 1 aliphatic rings. The molecule has 2 heterocycles. The molecule has 1 fully saturated rings. The molecule has 1 saturated heterocycles. The van der Waals surface area contributed by atoms with Crippen LogP contribution in [0.1, 0.15) is 36.8 Å². The smallest absolute Gasteiger partial charge is 0.185 e. The number of aryl methyl sites for hydroxylation is 2. The first kappa shape index (κ1) is 13.8. The topological polar surface area (TPSA) is 28.2 Å². The predicted octanol–water partition coefficient (Wildman–Crippen LogP) is 2.98. The van der Waals surface area contributed by atoms with E-state index in [-0.39, 0.29) is 0 Å². The average molecular weight is 267 g/mol. The van der Waals surface area contributed by atoms with Gasteiger partial charge in [0.2, 0.25) is 0 Å². The second-order valence-corrected chi connectivity index (χ2v) is 6.48. The Balaban J connectivity index is 2.02. The number of hydrogen-bond acceptors (Lipinski definition) is 4. The van der Waals surface area contributed by atoms with Crippen molar-refractivity contribution in [3.63, 3.8) is 0 Å². The van der Waals surface area contributed by atoms with Crippen molar-refractivity contribution in [1.82, 2.24) is 10.3 Å². The van der Waals surface area contributed by atoms with Gasteiger partial charge in [-0.15, -0.1) is 11.3 Å². The molecule has 1 aliphatic heterocycles. The van der Waals surface area contributed by atoms with Crippen LogP contribution in [-0.2, 0) is 0 Å². The highest BCUT2D eigenvalue weighted by molar-refractivity contribution is 7.15. The molecule has 1 aromatic rings. The van der Waals surface area contributed by atoms with E-state index in [0.29, 0.717) is 0 Å². The summed E-state index contributed by atoms with van der Waals surface area (Å²) in [5, 5.41) is 4.73. The molecule has 1 N–H and O–H groups in total. The zero-order valence-corrected chi connectivity index (χ0v) is 12.6. The third-order valence-corrected chi connectivity index (χ3v) is 4.79. The summed E-state index contributed by atoms with van der Waals surface area (Å²) in [5.41, 5.74) is 1.19. The summed E-state index contributed by atoms with van der Waals surface area (Å²) in [7, 11) is 0. The zero-order valence-electron chi connectivity index (χ0n) is 11.8. The second kappa shape index (κ2) is 6.53. The molecule has 0 saturated carbocycles. The maximum absolute atomic E-state index is 4.72. The van der Waals surface area contributed by atoms with E-state index in [1.54, 1.807) is 0 Å². The van der Waals surface area contributed by atoms with Crippen LogP contribution in [0.25, 0.3) is 0 Å². The monoisotopic (exact) mass is 267 g/mol. The first-order valence-electron chi connectivity index (χ1n) is 7.10. The summed E-state index contributed by atoms with van der Waals surface area (Å²) in [4.78, 5) is 8.56. The quantitative estimate of drug-likeness (QED) is 0.889. The minimum atomic E-state index is 0.787. The van der Waals surface area contributed by atoms with Crippen molar-refractivity contribution in [3.05, 3.63) is 10.6 Å². The summed E-state index contributed by atoms with van der Waals surface area (Å²) >= 11 is 1.85.